The summed E-state index contributed by atoms with van der Waals surface area (Å²) in [6, 6.07) is 4.79. The molecule has 1 saturated carbocycles. The van der Waals surface area contributed by atoms with E-state index in [4.69, 9.17) is 11.6 Å². The van der Waals surface area contributed by atoms with E-state index in [1.165, 1.54) is 26.0 Å². The molecular formula is C20H19ClF3NO4S. The Bertz CT molecular complexity index is 1090. The van der Waals surface area contributed by atoms with Gasteiger partial charge in [-0.1, -0.05) is 11.6 Å². The fourth-order valence-corrected chi connectivity index (χ4v) is 5.57. The zero-order valence-electron chi connectivity index (χ0n) is 16.0. The largest absolute Gasteiger partial charge is 0.393 e. The van der Waals surface area contributed by atoms with Crippen molar-refractivity contribution in [3.8, 4) is 0 Å². The lowest BCUT2D eigenvalue weighted by molar-refractivity contribution is 0.0279. The first kappa shape index (κ1) is 22.6. The van der Waals surface area contributed by atoms with Gasteiger partial charge in [0.1, 0.15) is 0 Å². The van der Waals surface area contributed by atoms with Gasteiger partial charge >= 0.3 is 0 Å². The van der Waals surface area contributed by atoms with Crippen LogP contribution in [0.5, 0.6) is 0 Å². The Labute approximate surface area is 176 Å². The van der Waals surface area contributed by atoms with Gasteiger partial charge in [0.25, 0.3) is 5.91 Å². The van der Waals surface area contributed by atoms with Crippen LogP contribution in [0.2, 0.25) is 5.02 Å². The first-order chi connectivity index (χ1) is 13.8. The molecule has 30 heavy (non-hydrogen) atoms. The fourth-order valence-electron chi connectivity index (χ4n) is 3.34. The lowest BCUT2D eigenvalue weighted by Gasteiger charge is -2.42. The molecule has 0 bridgehead atoms. The van der Waals surface area contributed by atoms with Gasteiger partial charge in [0.05, 0.1) is 20.8 Å². The topological polar surface area (TPSA) is 83.5 Å². The van der Waals surface area contributed by atoms with Crippen molar-refractivity contribution in [1.29, 1.82) is 0 Å². The highest BCUT2D eigenvalue weighted by Crippen LogP contribution is 2.44. The summed E-state index contributed by atoms with van der Waals surface area (Å²) < 4.78 is 65.0. The Kier molecular flexibility index (Phi) is 5.92. The molecule has 2 aromatic carbocycles. The number of aliphatic hydroxyl groups is 1. The second-order valence-corrected chi connectivity index (χ2v) is 10.7. The number of benzene rings is 2. The SMILES string of the molecule is CC(C)(C1CC(O)C1)S(=O)(=O)c1cc(C(=O)Nc2cc(F)c(F)c(F)c2)ccc1Cl. The van der Waals surface area contributed by atoms with Crippen LogP contribution in [0.4, 0.5) is 18.9 Å². The van der Waals surface area contributed by atoms with Gasteiger partial charge in [-0.3, -0.25) is 4.79 Å². The Morgan fingerprint density at radius 1 is 1.13 bits per heavy atom. The summed E-state index contributed by atoms with van der Waals surface area (Å²) in [5, 5.41) is 11.6. The fraction of sp³-hybridized carbons (Fsp3) is 0.350. The van der Waals surface area contributed by atoms with E-state index in [2.05, 4.69) is 5.32 Å². The number of carbonyl (C=O) groups is 1. The minimum Gasteiger partial charge on any atom is -0.393 e. The molecule has 1 aliphatic carbocycles. The van der Waals surface area contributed by atoms with Crippen molar-refractivity contribution in [1.82, 2.24) is 0 Å². The molecule has 3 rings (SSSR count). The van der Waals surface area contributed by atoms with Gasteiger partial charge in [-0.05, 0) is 50.8 Å². The first-order valence-corrected chi connectivity index (χ1v) is 10.9. The van der Waals surface area contributed by atoms with E-state index in [1.807, 2.05) is 0 Å². The zero-order chi connectivity index (χ0) is 22.4. The molecule has 0 spiro atoms. The van der Waals surface area contributed by atoms with Gasteiger partial charge in [-0.25, -0.2) is 21.6 Å². The highest BCUT2D eigenvalue weighted by Gasteiger charge is 2.48. The summed E-state index contributed by atoms with van der Waals surface area (Å²) >= 11 is 6.10. The Morgan fingerprint density at radius 2 is 1.70 bits per heavy atom. The third-order valence-electron chi connectivity index (χ3n) is 5.51. The van der Waals surface area contributed by atoms with Gasteiger partial charge in [-0.2, -0.15) is 0 Å². The van der Waals surface area contributed by atoms with Gasteiger partial charge in [0, 0.05) is 23.4 Å². The quantitative estimate of drug-likeness (QED) is 0.649. The lowest BCUT2D eigenvalue weighted by atomic mass is 9.75. The van der Waals surface area contributed by atoms with Crippen molar-refractivity contribution < 1.29 is 31.5 Å². The van der Waals surface area contributed by atoms with E-state index >= 15 is 0 Å². The number of aliphatic hydroxyl groups excluding tert-OH is 1. The molecule has 1 aliphatic rings. The van der Waals surface area contributed by atoms with E-state index in [0.29, 0.717) is 25.0 Å². The van der Waals surface area contributed by atoms with Crippen molar-refractivity contribution in [3.63, 3.8) is 0 Å². The number of halogens is 4. The van der Waals surface area contributed by atoms with E-state index in [9.17, 15) is 31.5 Å². The van der Waals surface area contributed by atoms with Gasteiger partial charge in [0.15, 0.2) is 27.3 Å². The predicted octanol–water partition coefficient (Wildman–Crippen LogP) is 4.33. The van der Waals surface area contributed by atoms with Crippen LogP contribution in [0.3, 0.4) is 0 Å². The van der Waals surface area contributed by atoms with Crippen molar-refractivity contribution in [2.45, 2.75) is 42.4 Å². The molecule has 2 N–H and O–H groups in total. The van der Waals surface area contributed by atoms with Crippen molar-refractivity contribution in [2.75, 3.05) is 5.32 Å². The molecule has 0 heterocycles. The molecule has 0 aliphatic heterocycles. The third-order valence-corrected chi connectivity index (χ3v) is 8.59. The average molecular weight is 462 g/mol. The summed E-state index contributed by atoms with van der Waals surface area (Å²) in [7, 11) is -3.99. The lowest BCUT2D eigenvalue weighted by Crippen LogP contribution is -2.48. The first-order valence-electron chi connectivity index (χ1n) is 9.02. The molecule has 162 valence electrons. The maximum atomic E-state index is 13.4. The number of hydrogen-bond acceptors (Lipinski definition) is 4. The number of hydrogen-bond donors (Lipinski definition) is 2. The molecule has 0 saturated heterocycles. The molecule has 10 heteroatoms. The van der Waals surface area contributed by atoms with Crippen LogP contribution in [-0.4, -0.2) is 30.3 Å². The second-order valence-electron chi connectivity index (χ2n) is 7.78. The van der Waals surface area contributed by atoms with Gasteiger partial charge in [0.2, 0.25) is 0 Å². The normalized spacial score (nSPS) is 19.3. The summed E-state index contributed by atoms with van der Waals surface area (Å²) in [6.07, 6.45) is 0.130. The van der Waals surface area contributed by atoms with Crippen molar-refractivity contribution >= 4 is 33.0 Å². The molecule has 0 radical (unpaired) electrons. The molecular weight excluding hydrogens is 443 g/mol. The van der Waals surface area contributed by atoms with E-state index in [0.717, 1.165) is 6.07 Å². The standard InChI is InChI=1S/C20H19ClF3NO4S/c1-20(2,11-6-13(26)7-11)30(28,29)17-5-10(3-4-14(17)21)19(27)25-12-8-15(22)18(24)16(23)9-12/h3-5,8-9,11,13,26H,6-7H2,1-2H3,(H,25,27). The van der Waals surface area contributed by atoms with Crippen LogP contribution in [0.1, 0.15) is 37.0 Å². The number of carbonyl (C=O) groups excluding carboxylic acids is 1. The molecule has 0 aromatic heterocycles. The Morgan fingerprint density at radius 3 is 2.23 bits per heavy atom. The average Bonchev–Trinajstić information content (AvgIpc) is 2.63. The Hall–Kier alpha value is -2.10. The molecule has 0 atom stereocenters. The summed E-state index contributed by atoms with van der Waals surface area (Å²) in [5.41, 5.74) is -0.452. The smallest absolute Gasteiger partial charge is 0.255 e. The minimum absolute atomic E-state index is 0.0848. The number of anilines is 1. The summed E-state index contributed by atoms with van der Waals surface area (Å²) in [6.45, 7) is 3.07. The predicted molar refractivity (Wildman–Crippen MR) is 106 cm³/mol. The van der Waals surface area contributed by atoms with Crippen LogP contribution in [-0.2, 0) is 9.84 Å². The van der Waals surface area contributed by atoms with Crippen LogP contribution in [0, 0.1) is 23.4 Å². The minimum atomic E-state index is -3.99. The zero-order valence-corrected chi connectivity index (χ0v) is 17.6. The molecule has 1 amide bonds. The molecule has 1 fully saturated rings. The monoisotopic (exact) mass is 461 g/mol. The maximum absolute atomic E-state index is 13.4. The van der Waals surface area contributed by atoms with Crippen molar-refractivity contribution in [3.05, 3.63) is 58.4 Å². The van der Waals surface area contributed by atoms with E-state index in [-0.39, 0.29) is 27.1 Å². The highest BCUT2D eigenvalue weighted by molar-refractivity contribution is 7.93. The molecule has 0 unspecified atom stereocenters. The maximum Gasteiger partial charge on any atom is 0.255 e. The van der Waals surface area contributed by atoms with Crippen LogP contribution in [0.25, 0.3) is 0 Å². The van der Waals surface area contributed by atoms with E-state index in [1.54, 1.807) is 0 Å². The van der Waals surface area contributed by atoms with Gasteiger partial charge < -0.3 is 10.4 Å². The Balaban J connectivity index is 1.92. The van der Waals surface area contributed by atoms with Gasteiger partial charge in [-0.15, -0.1) is 0 Å². The molecule has 2 aromatic rings. The second kappa shape index (κ2) is 7.86. The number of sulfone groups is 1. The number of amides is 1. The third kappa shape index (κ3) is 3.93. The van der Waals surface area contributed by atoms with Crippen LogP contribution >= 0.6 is 11.6 Å². The highest BCUT2D eigenvalue weighted by atomic mass is 35.5. The summed E-state index contributed by atoms with van der Waals surface area (Å²) in [5.74, 6) is -5.76. The van der Waals surface area contributed by atoms with E-state index < -0.39 is 44.0 Å². The summed E-state index contributed by atoms with van der Waals surface area (Å²) in [4.78, 5) is 12.2. The van der Waals surface area contributed by atoms with Crippen molar-refractivity contribution in [2.24, 2.45) is 5.92 Å². The van der Waals surface area contributed by atoms with Crippen LogP contribution < -0.4 is 5.32 Å². The van der Waals surface area contributed by atoms with Crippen LogP contribution in [0.15, 0.2) is 35.2 Å². The number of rotatable bonds is 5. The molecule has 5 nitrogen and oxygen atoms in total. The number of nitrogens with one attached hydrogen (secondary N) is 1.